The van der Waals surface area contributed by atoms with E-state index in [0.717, 1.165) is 6.42 Å². The maximum absolute atomic E-state index is 14.5. The number of fused-ring (bicyclic) bond motifs is 1. The van der Waals surface area contributed by atoms with Crippen molar-refractivity contribution >= 4 is 40.4 Å². The number of rotatable bonds is 5. The van der Waals surface area contributed by atoms with E-state index in [-0.39, 0.29) is 23.6 Å². The highest BCUT2D eigenvalue weighted by molar-refractivity contribution is 6.35. The van der Waals surface area contributed by atoms with Crippen LogP contribution in [0.2, 0.25) is 5.02 Å². The Bertz CT molecular complexity index is 1370. The summed E-state index contributed by atoms with van der Waals surface area (Å²) >= 11 is 6.50. The number of benzene rings is 2. The van der Waals surface area contributed by atoms with Crippen molar-refractivity contribution in [1.82, 2.24) is 20.1 Å². The lowest BCUT2D eigenvalue weighted by molar-refractivity contribution is 0.0414. The summed E-state index contributed by atoms with van der Waals surface area (Å²) in [6, 6.07) is 10.7. The van der Waals surface area contributed by atoms with E-state index in [2.05, 4.69) is 10.3 Å². The van der Waals surface area contributed by atoms with E-state index in [1.807, 2.05) is 13.8 Å². The highest BCUT2D eigenvalue weighted by atomic mass is 35.5. The van der Waals surface area contributed by atoms with Crippen molar-refractivity contribution in [3.05, 3.63) is 64.4 Å². The normalized spacial score (nSPS) is 15.5. The number of aromatic nitrogens is 1. The number of hydrogen-bond acceptors (Lipinski definition) is 5. The second kappa shape index (κ2) is 11.1. The van der Waals surface area contributed by atoms with Crippen LogP contribution < -0.4 is 5.32 Å². The van der Waals surface area contributed by atoms with Gasteiger partial charge in [0.25, 0.3) is 11.8 Å². The van der Waals surface area contributed by atoms with E-state index >= 15 is 0 Å². The van der Waals surface area contributed by atoms with Gasteiger partial charge in [0, 0.05) is 49.2 Å². The smallest absolute Gasteiger partial charge is 0.409 e. The lowest BCUT2D eigenvalue weighted by Crippen LogP contribution is -2.55. The van der Waals surface area contributed by atoms with Gasteiger partial charge in [-0.25, -0.2) is 14.2 Å². The number of pyridine rings is 1. The molecule has 0 bridgehead atoms. The Morgan fingerprint density at radius 3 is 2.62 bits per heavy atom. The molecule has 8 nitrogen and oxygen atoms in total. The fourth-order valence-electron chi connectivity index (χ4n) is 4.33. The Kier molecular flexibility index (Phi) is 7.92. The standard InChI is InChI=1S/C27H28ClFN4O4/c1-4-11-37-27(36)32-9-10-33(16(2)15-32)26(35)18-6-7-19-21(28)14-23(31-24(19)13-18)17-5-8-20(22(29)12-17)25(34)30-3/h5-8,12-14,16H,4,9-11,15H2,1-3H3,(H,30,34). The molecule has 0 radical (unpaired) electrons. The molecular formula is C27H28ClFN4O4. The topological polar surface area (TPSA) is 91.8 Å². The Morgan fingerprint density at radius 1 is 1.16 bits per heavy atom. The van der Waals surface area contributed by atoms with E-state index in [9.17, 15) is 18.8 Å². The van der Waals surface area contributed by atoms with Gasteiger partial charge in [-0.15, -0.1) is 0 Å². The first kappa shape index (κ1) is 26.3. The molecule has 2 heterocycles. The van der Waals surface area contributed by atoms with Crippen LogP contribution >= 0.6 is 11.6 Å². The predicted molar refractivity (Wildman–Crippen MR) is 139 cm³/mol. The number of ether oxygens (including phenoxy) is 1. The first-order valence-corrected chi connectivity index (χ1v) is 12.5. The van der Waals surface area contributed by atoms with Crippen LogP contribution in [0, 0.1) is 5.82 Å². The highest BCUT2D eigenvalue weighted by Gasteiger charge is 2.31. The van der Waals surface area contributed by atoms with Crippen molar-refractivity contribution < 1.29 is 23.5 Å². The van der Waals surface area contributed by atoms with E-state index in [1.54, 1.807) is 40.1 Å². The first-order valence-electron chi connectivity index (χ1n) is 12.1. The van der Waals surface area contributed by atoms with Gasteiger partial charge in [0.05, 0.1) is 28.4 Å². The molecule has 2 aromatic carbocycles. The first-order chi connectivity index (χ1) is 17.7. The van der Waals surface area contributed by atoms with Gasteiger partial charge in [-0.2, -0.15) is 0 Å². The lowest BCUT2D eigenvalue weighted by atomic mass is 10.0. The third-order valence-electron chi connectivity index (χ3n) is 6.32. The molecule has 1 atom stereocenters. The number of carbonyl (C=O) groups excluding carboxylic acids is 3. The van der Waals surface area contributed by atoms with Crippen LogP contribution in [0.25, 0.3) is 22.2 Å². The minimum Gasteiger partial charge on any atom is -0.449 e. The second-order valence-electron chi connectivity index (χ2n) is 8.90. The molecule has 10 heteroatoms. The third-order valence-corrected chi connectivity index (χ3v) is 6.63. The van der Waals surface area contributed by atoms with Gasteiger partial charge in [0.1, 0.15) is 5.82 Å². The van der Waals surface area contributed by atoms with Gasteiger partial charge in [-0.05, 0) is 43.7 Å². The largest absolute Gasteiger partial charge is 0.449 e. The molecule has 1 fully saturated rings. The zero-order chi connectivity index (χ0) is 26.7. The molecule has 0 aliphatic carbocycles. The highest BCUT2D eigenvalue weighted by Crippen LogP contribution is 2.30. The van der Waals surface area contributed by atoms with Crippen LogP contribution in [-0.4, -0.2) is 72.0 Å². The summed E-state index contributed by atoms with van der Waals surface area (Å²) in [6.45, 7) is 5.34. The minimum atomic E-state index is -0.675. The van der Waals surface area contributed by atoms with Crippen LogP contribution in [0.5, 0.6) is 0 Å². The molecule has 0 spiro atoms. The van der Waals surface area contributed by atoms with E-state index in [4.69, 9.17) is 16.3 Å². The zero-order valence-corrected chi connectivity index (χ0v) is 21.6. The van der Waals surface area contributed by atoms with E-state index < -0.39 is 11.7 Å². The summed E-state index contributed by atoms with van der Waals surface area (Å²) in [5.41, 5.74) is 1.71. The Hall–Kier alpha value is -3.72. The molecule has 37 heavy (non-hydrogen) atoms. The summed E-state index contributed by atoms with van der Waals surface area (Å²) in [6.07, 6.45) is 0.384. The van der Waals surface area contributed by atoms with Crippen LogP contribution in [0.15, 0.2) is 42.5 Å². The predicted octanol–water partition coefficient (Wildman–Crippen LogP) is 4.75. The SMILES string of the molecule is CCCOC(=O)N1CCN(C(=O)c2ccc3c(Cl)cc(-c4ccc(C(=O)NC)c(F)c4)nc3c2)C(C)C1. The zero-order valence-electron chi connectivity index (χ0n) is 20.9. The summed E-state index contributed by atoms with van der Waals surface area (Å²) in [4.78, 5) is 45.3. The number of amides is 3. The van der Waals surface area contributed by atoms with E-state index in [0.29, 0.717) is 59.0 Å². The average molecular weight is 527 g/mol. The quantitative estimate of drug-likeness (QED) is 0.518. The van der Waals surface area contributed by atoms with Crippen LogP contribution in [0.4, 0.5) is 9.18 Å². The number of piperazine rings is 1. The molecule has 4 rings (SSSR count). The van der Waals surface area contributed by atoms with Gasteiger partial charge in [0.15, 0.2) is 0 Å². The summed E-state index contributed by atoms with van der Waals surface area (Å²) in [5, 5.41) is 3.46. The van der Waals surface area contributed by atoms with Gasteiger partial charge < -0.3 is 19.9 Å². The maximum Gasteiger partial charge on any atom is 0.409 e. The van der Waals surface area contributed by atoms with Crippen molar-refractivity contribution in [2.45, 2.75) is 26.3 Å². The average Bonchev–Trinajstić information content (AvgIpc) is 2.90. The Balaban J connectivity index is 1.58. The molecule has 1 unspecified atom stereocenters. The minimum absolute atomic E-state index is 0.0705. The van der Waals surface area contributed by atoms with Crippen molar-refractivity contribution in [3.63, 3.8) is 0 Å². The van der Waals surface area contributed by atoms with E-state index in [1.165, 1.54) is 19.2 Å². The molecule has 1 saturated heterocycles. The number of hydrogen-bond donors (Lipinski definition) is 1. The van der Waals surface area contributed by atoms with Gasteiger partial charge >= 0.3 is 6.09 Å². The summed E-state index contributed by atoms with van der Waals surface area (Å²) in [5.74, 6) is -1.38. The van der Waals surface area contributed by atoms with Crippen LogP contribution in [0.1, 0.15) is 41.0 Å². The fourth-order valence-corrected chi connectivity index (χ4v) is 4.59. The monoisotopic (exact) mass is 526 g/mol. The number of carbonyl (C=O) groups is 3. The number of nitrogens with one attached hydrogen (secondary N) is 1. The van der Waals surface area contributed by atoms with Crippen molar-refractivity contribution in [2.24, 2.45) is 0 Å². The van der Waals surface area contributed by atoms with Gasteiger partial charge in [-0.1, -0.05) is 30.7 Å². The van der Waals surface area contributed by atoms with Crippen molar-refractivity contribution in [3.8, 4) is 11.3 Å². The molecule has 194 valence electrons. The third kappa shape index (κ3) is 5.51. The Morgan fingerprint density at radius 2 is 1.95 bits per heavy atom. The Labute approximate surface area is 219 Å². The van der Waals surface area contributed by atoms with Crippen molar-refractivity contribution in [1.29, 1.82) is 0 Å². The maximum atomic E-state index is 14.5. The molecule has 3 amide bonds. The van der Waals surface area contributed by atoms with Gasteiger partial charge in [0.2, 0.25) is 0 Å². The summed E-state index contributed by atoms with van der Waals surface area (Å²) in [7, 11) is 1.43. The lowest BCUT2D eigenvalue weighted by Gasteiger charge is -2.39. The molecule has 1 N–H and O–H groups in total. The van der Waals surface area contributed by atoms with Gasteiger partial charge in [-0.3, -0.25) is 9.59 Å². The van der Waals surface area contributed by atoms with Crippen LogP contribution in [-0.2, 0) is 4.74 Å². The number of nitrogens with zero attached hydrogens (tertiary/aromatic N) is 3. The molecule has 1 aliphatic heterocycles. The summed E-state index contributed by atoms with van der Waals surface area (Å²) < 4.78 is 19.8. The molecule has 1 aromatic heterocycles. The number of halogens is 2. The molecule has 1 aliphatic rings. The fraction of sp³-hybridized carbons (Fsp3) is 0.333. The molecule has 0 saturated carbocycles. The van der Waals surface area contributed by atoms with Crippen LogP contribution in [0.3, 0.4) is 0 Å². The second-order valence-corrected chi connectivity index (χ2v) is 9.31. The molecule has 3 aromatic rings. The van der Waals surface area contributed by atoms with Crippen molar-refractivity contribution in [2.75, 3.05) is 33.3 Å². The molecular weight excluding hydrogens is 499 g/mol.